The third-order valence-electron chi connectivity index (χ3n) is 9.92. The summed E-state index contributed by atoms with van der Waals surface area (Å²) in [6.45, 7) is 0. The van der Waals surface area contributed by atoms with Gasteiger partial charge < -0.3 is 36.8 Å². The standard InChI is InChI=1S/C44H45N5O8S/c50-38-26-39(51)46-36(25-33-12-7-21-58-33)42(54)48-35(23-28-13-17-31(18-14-28)30-10-5-2-6-11-30)40(52)47-34(22-27-8-3-1-4-9-27)41(53)49-37(44(56)57)24-29-15-19-32(20-16-29)45-43(38)55/h1-11,13-21,33-38,50H,12,22-26H2,(H,45,55)(H,46,51)(H,47,52)(H,48,54)(H,49,53)(H,56,57)/t33?,34-,35+,36+,37+,38+/m0/s1. The number of aliphatic carboxylic acids is 1. The van der Waals surface area contributed by atoms with Crippen molar-refractivity contribution < 1.29 is 39.0 Å². The van der Waals surface area contributed by atoms with Gasteiger partial charge in [0, 0.05) is 30.2 Å². The fraction of sp³-hybridized carbons (Fsp3) is 0.273. The number of fused-ring (bicyclic) bond motifs is 18. The highest BCUT2D eigenvalue weighted by Gasteiger charge is 2.34. The highest BCUT2D eigenvalue weighted by Crippen LogP contribution is 2.28. The molecule has 1 unspecified atom stereocenters. The van der Waals surface area contributed by atoms with Gasteiger partial charge in [-0.1, -0.05) is 103 Å². The predicted octanol–water partition coefficient (Wildman–Crippen LogP) is 3.52. The summed E-state index contributed by atoms with van der Waals surface area (Å²) >= 11 is 1.50. The van der Waals surface area contributed by atoms with E-state index in [2.05, 4.69) is 26.6 Å². The maximum atomic E-state index is 14.4. The van der Waals surface area contributed by atoms with Crippen LogP contribution < -0.4 is 26.6 Å². The molecular formula is C44H45N5O8S. The van der Waals surface area contributed by atoms with E-state index in [1.54, 1.807) is 42.5 Å². The van der Waals surface area contributed by atoms with Gasteiger partial charge >= 0.3 is 5.97 Å². The zero-order valence-corrected chi connectivity index (χ0v) is 32.3. The first-order valence-corrected chi connectivity index (χ1v) is 19.9. The maximum absolute atomic E-state index is 14.4. The van der Waals surface area contributed by atoms with Crippen LogP contribution in [0.1, 0.15) is 36.0 Å². The molecule has 14 heteroatoms. The first kappa shape index (κ1) is 41.4. The molecule has 13 nitrogen and oxygen atoms in total. The summed E-state index contributed by atoms with van der Waals surface area (Å²) < 4.78 is 0. The highest BCUT2D eigenvalue weighted by atomic mass is 32.2. The Morgan fingerprint density at radius 3 is 1.79 bits per heavy atom. The Morgan fingerprint density at radius 1 is 0.621 bits per heavy atom. The molecule has 3 aliphatic heterocycles. The second-order valence-corrected chi connectivity index (χ2v) is 15.5. The first-order chi connectivity index (χ1) is 28.0. The lowest BCUT2D eigenvalue weighted by molar-refractivity contribution is -0.142. The summed E-state index contributed by atoms with van der Waals surface area (Å²) in [4.78, 5) is 81.2. The van der Waals surface area contributed by atoms with E-state index in [1.165, 1.54) is 23.9 Å². The number of aliphatic hydroxyl groups is 1. The van der Waals surface area contributed by atoms with E-state index in [0.717, 1.165) is 11.1 Å². The summed E-state index contributed by atoms with van der Waals surface area (Å²) in [6, 6.07) is 27.2. The fourth-order valence-corrected chi connectivity index (χ4v) is 7.74. The van der Waals surface area contributed by atoms with Gasteiger partial charge in [-0.15, -0.1) is 11.8 Å². The lowest BCUT2D eigenvalue weighted by Gasteiger charge is -2.27. The molecule has 0 fully saturated rings. The summed E-state index contributed by atoms with van der Waals surface area (Å²) in [5, 5.41) is 36.1. The molecule has 4 aromatic rings. The Hall–Kier alpha value is -6.25. The number of nitrogens with one attached hydrogen (secondary N) is 5. The normalized spacial score (nSPS) is 23.4. The largest absolute Gasteiger partial charge is 0.480 e. The molecule has 6 atom stereocenters. The van der Waals surface area contributed by atoms with Crippen LogP contribution in [0.2, 0.25) is 0 Å². The van der Waals surface area contributed by atoms with Gasteiger partial charge in [0.05, 0.1) is 6.42 Å². The molecule has 7 N–H and O–H groups in total. The monoisotopic (exact) mass is 803 g/mol. The number of aliphatic hydroxyl groups excluding tert-OH is 1. The van der Waals surface area contributed by atoms with Crippen LogP contribution in [-0.2, 0) is 48.0 Å². The van der Waals surface area contributed by atoms with Gasteiger partial charge in [0.25, 0.3) is 5.91 Å². The number of rotatable bonds is 8. The molecule has 0 aliphatic carbocycles. The van der Waals surface area contributed by atoms with Crippen molar-refractivity contribution in [3.05, 3.63) is 137 Å². The number of anilines is 1. The number of hydrogen-bond donors (Lipinski definition) is 7. The summed E-state index contributed by atoms with van der Waals surface area (Å²) in [5.41, 5.74) is 4.12. The molecule has 2 bridgehead atoms. The van der Waals surface area contributed by atoms with Crippen molar-refractivity contribution in [2.75, 3.05) is 5.32 Å². The van der Waals surface area contributed by atoms with Gasteiger partial charge in [0.2, 0.25) is 23.6 Å². The lowest BCUT2D eigenvalue weighted by Crippen LogP contribution is -2.59. The summed E-state index contributed by atoms with van der Waals surface area (Å²) in [6.07, 6.45) is 0.253. The van der Waals surface area contributed by atoms with Crippen LogP contribution in [0.3, 0.4) is 0 Å². The molecule has 3 heterocycles. The number of hydrogen-bond acceptors (Lipinski definition) is 8. The number of benzene rings is 4. The predicted molar refractivity (Wildman–Crippen MR) is 220 cm³/mol. The van der Waals surface area contributed by atoms with Crippen molar-refractivity contribution in [2.45, 2.75) is 74.0 Å². The zero-order valence-electron chi connectivity index (χ0n) is 31.5. The minimum absolute atomic E-state index is 0.000815. The minimum atomic E-state index is -1.76. The number of amides is 5. The number of carboxylic acids is 1. The Bertz CT molecular complexity index is 2110. The van der Waals surface area contributed by atoms with E-state index in [-0.39, 0.29) is 36.6 Å². The molecule has 5 amide bonds. The zero-order chi connectivity index (χ0) is 41.0. The summed E-state index contributed by atoms with van der Waals surface area (Å²) in [7, 11) is 0. The molecular weight excluding hydrogens is 759 g/mol. The molecule has 0 saturated carbocycles. The van der Waals surface area contributed by atoms with Crippen LogP contribution in [0.25, 0.3) is 11.1 Å². The second-order valence-electron chi connectivity index (χ2n) is 14.3. The van der Waals surface area contributed by atoms with Crippen molar-refractivity contribution in [2.24, 2.45) is 0 Å². The number of carbonyl (C=O) groups excluding carboxylic acids is 5. The average Bonchev–Trinajstić information content (AvgIpc) is 3.74. The van der Waals surface area contributed by atoms with Crippen LogP contribution in [0.15, 0.2) is 121 Å². The number of carboxylic acid groups (broad SMARTS) is 1. The molecule has 0 spiro atoms. The molecule has 58 heavy (non-hydrogen) atoms. The van der Waals surface area contributed by atoms with Crippen LogP contribution in [-0.4, -0.2) is 81.2 Å². The Labute approximate surface area is 340 Å². The molecule has 4 aromatic carbocycles. The van der Waals surface area contributed by atoms with Crippen molar-refractivity contribution in [3.8, 4) is 11.1 Å². The van der Waals surface area contributed by atoms with E-state index in [9.17, 15) is 39.0 Å². The SMILES string of the molecule is O=C1C[C@@H](O)C(=O)Nc2ccc(cc2)C[C@H](C(=O)O)NC(=O)[C@H](Cc2ccccc2)NC(=O)[C@@H](Cc2ccc(-c3ccccc3)cc2)NC(=O)[C@@H](CC2CC=CS2)N1. The molecule has 0 radical (unpaired) electrons. The fourth-order valence-electron chi connectivity index (χ4n) is 6.77. The van der Waals surface area contributed by atoms with Crippen LogP contribution in [0.5, 0.6) is 0 Å². The van der Waals surface area contributed by atoms with Crippen LogP contribution in [0, 0.1) is 0 Å². The van der Waals surface area contributed by atoms with Gasteiger partial charge in [-0.2, -0.15) is 0 Å². The van der Waals surface area contributed by atoms with Gasteiger partial charge in [-0.05, 0) is 58.2 Å². The van der Waals surface area contributed by atoms with Crippen molar-refractivity contribution >= 4 is 53.0 Å². The van der Waals surface area contributed by atoms with Crippen LogP contribution in [0.4, 0.5) is 5.69 Å². The topological polar surface area (TPSA) is 203 Å². The minimum Gasteiger partial charge on any atom is -0.480 e. The van der Waals surface area contributed by atoms with E-state index in [1.807, 2.05) is 66.1 Å². The maximum Gasteiger partial charge on any atom is 0.326 e. The number of thioether (sulfide) groups is 1. The van der Waals surface area contributed by atoms with Gasteiger partial charge in [0.15, 0.2) is 0 Å². The lowest BCUT2D eigenvalue weighted by atomic mass is 9.99. The van der Waals surface area contributed by atoms with E-state index in [0.29, 0.717) is 23.1 Å². The van der Waals surface area contributed by atoms with Crippen LogP contribution >= 0.6 is 11.8 Å². The Balaban J connectivity index is 1.34. The third-order valence-corrected chi connectivity index (χ3v) is 11.0. The van der Waals surface area contributed by atoms with E-state index in [4.69, 9.17) is 0 Å². The summed E-state index contributed by atoms with van der Waals surface area (Å²) in [5.74, 6) is -5.06. The molecule has 0 saturated heterocycles. The number of carbonyl (C=O) groups is 6. The third kappa shape index (κ3) is 11.6. The van der Waals surface area contributed by atoms with Crippen molar-refractivity contribution in [1.29, 1.82) is 0 Å². The molecule has 0 aromatic heterocycles. The molecule has 3 aliphatic rings. The molecule has 7 rings (SSSR count). The van der Waals surface area contributed by atoms with Crippen molar-refractivity contribution in [3.63, 3.8) is 0 Å². The van der Waals surface area contributed by atoms with E-state index < -0.39 is 72.2 Å². The Morgan fingerprint density at radius 2 is 1.19 bits per heavy atom. The van der Waals surface area contributed by atoms with Gasteiger partial charge in [-0.3, -0.25) is 24.0 Å². The smallest absolute Gasteiger partial charge is 0.326 e. The second kappa shape index (κ2) is 19.7. The van der Waals surface area contributed by atoms with Crippen molar-refractivity contribution in [1.82, 2.24) is 21.3 Å². The van der Waals surface area contributed by atoms with E-state index >= 15 is 0 Å². The molecule has 300 valence electrons. The Kier molecular flexibility index (Phi) is 14.1. The first-order valence-electron chi connectivity index (χ1n) is 19.0. The quantitative estimate of drug-likeness (QED) is 0.130. The van der Waals surface area contributed by atoms with Gasteiger partial charge in [0.1, 0.15) is 30.3 Å². The highest BCUT2D eigenvalue weighted by molar-refractivity contribution is 8.03. The number of allylic oxidation sites excluding steroid dienone is 1. The van der Waals surface area contributed by atoms with Gasteiger partial charge in [-0.25, -0.2) is 4.79 Å². The average molecular weight is 804 g/mol.